The fourth-order valence-electron chi connectivity index (χ4n) is 2.69. The molecule has 5 heteroatoms. The van der Waals surface area contributed by atoms with E-state index in [1.807, 2.05) is 0 Å². The zero-order valence-electron chi connectivity index (χ0n) is 10.9. The molecule has 19 heavy (non-hydrogen) atoms. The van der Waals surface area contributed by atoms with E-state index in [-0.39, 0.29) is 29.5 Å². The Morgan fingerprint density at radius 1 is 1.21 bits per heavy atom. The molecule has 1 aliphatic rings. The molecule has 0 aromatic heterocycles. The van der Waals surface area contributed by atoms with E-state index in [4.69, 9.17) is 5.73 Å². The van der Waals surface area contributed by atoms with Crippen LogP contribution in [0.15, 0.2) is 12.1 Å². The largest absolute Gasteiger partial charge is 0.391 e. The molecular formula is C14H20ClF2NO. The molecule has 2 nitrogen and oxygen atoms in total. The van der Waals surface area contributed by atoms with Gasteiger partial charge in [0, 0.05) is 5.56 Å². The van der Waals surface area contributed by atoms with E-state index in [0.29, 0.717) is 0 Å². The smallest absolute Gasteiger partial charge is 0.163 e. The molecule has 0 aliphatic heterocycles. The zero-order valence-corrected chi connectivity index (χ0v) is 11.7. The highest BCUT2D eigenvalue weighted by molar-refractivity contribution is 5.85. The van der Waals surface area contributed by atoms with Gasteiger partial charge in [-0.05, 0) is 31.2 Å². The van der Waals surface area contributed by atoms with Gasteiger partial charge in [0.1, 0.15) is 0 Å². The summed E-state index contributed by atoms with van der Waals surface area (Å²) in [5, 5.41) is 10.1. The van der Waals surface area contributed by atoms with Gasteiger partial charge in [-0.15, -0.1) is 12.4 Å². The van der Waals surface area contributed by atoms with E-state index in [1.165, 1.54) is 19.1 Å². The first-order valence-corrected chi connectivity index (χ1v) is 6.40. The Balaban J connectivity index is 0.00000180. The van der Waals surface area contributed by atoms with Crippen molar-refractivity contribution in [2.75, 3.05) is 0 Å². The molecule has 1 saturated carbocycles. The molecule has 1 aromatic rings. The topological polar surface area (TPSA) is 46.2 Å². The Morgan fingerprint density at radius 2 is 1.79 bits per heavy atom. The van der Waals surface area contributed by atoms with Crippen molar-refractivity contribution in [1.29, 1.82) is 0 Å². The quantitative estimate of drug-likeness (QED) is 0.898. The highest BCUT2D eigenvalue weighted by Gasteiger charge is 2.30. The molecule has 2 rings (SSSR count). The summed E-state index contributed by atoms with van der Waals surface area (Å²) in [7, 11) is 0. The summed E-state index contributed by atoms with van der Waals surface area (Å²) in [5.74, 6) is -1.70. The number of aliphatic hydroxyl groups is 1. The van der Waals surface area contributed by atoms with Gasteiger partial charge in [0.25, 0.3) is 0 Å². The molecule has 1 aliphatic carbocycles. The van der Waals surface area contributed by atoms with E-state index in [9.17, 15) is 13.9 Å². The minimum Gasteiger partial charge on any atom is -0.391 e. The number of rotatable bonds is 3. The number of benzene rings is 1. The first-order chi connectivity index (χ1) is 8.52. The van der Waals surface area contributed by atoms with E-state index in [2.05, 4.69) is 0 Å². The van der Waals surface area contributed by atoms with Gasteiger partial charge in [-0.2, -0.15) is 0 Å². The lowest BCUT2D eigenvalue weighted by molar-refractivity contribution is 0.0830. The van der Waals surface area contributed by atoms with E-state index < -0.39 is 23.8 Å². The van der Waals surface area contributed by atoms with Crippen molar-refractivity contribution in [2.24, 2.45) is 11.7 Å². The van der Waals surface area contributed by atoms with Crippen LogP contribution in [0.4, 0.5) is 8.78 Å². The van der Waals surface area contributed by atoms with Crippen LogP contribution < -0.4 is 5.73 Å². The Labute approximate surface area is 118 Å². The van der Waals surface area contributed by atoms with Crippen molar-refractivity contribution in [2.45, 2.75) is 44.8 Å². The SMILES string of the molecule is Cc1ccc([C@H](N)[C@H](O)C2CCCC2)c(F)c1F.Cl. The molecule has 1 fully saturated rings. The minimum absolute atomic E-state index is 0. The van der Waals surface area contributed by atoms with Gasteiger partial charge in [-0.1, -0.05) is 25.0 Å². The molecule has 0 spiro atoms. The Kier molecular flexibility index (Phi) is 5.71. The van der Waals surface area contributed by atoms with Gasteiger partial charge >= 0.3 is 0 Å². The Bertz CT molecular complexity index is 436. The average molecular weight is 292 g/mol. The monoisotopic (exact) mass is 291 g/mol. The number of hydrogen-bond donors (Lipinski definition) is 2. The van der Waals surface area contributed by atoms with Crippen molar-refractivity contribution in [3.63, 3.8) is 0 Å². The van der Waals surface area contributed by atoms with Crippen molar-refractivity contribution in [1.82, 2.24) is 0 Å². The van der Waals surface area contributed by atoms with Crippen LogP contribution in [-0.4, -0.2) is 11.2 Å². The average Bonchev–Trinajstić information content (AvgIpc) is 2.88. The number of aryl methyl sites for hydroxylation is 1. The van der Waals surface area contributed by atoms with Gasteiger partial charge in [-0.25, -0.2) is 8.78 Å². The lowest BCUT2D eigenvalue weighted by Crippen LogP contribution is -2.32. The van der Waals surface area contributed by atoms with Crippen molar-refractivity contribution < 1.29 is 13.9 Å². The lowest BCUT2D eigenvalue weighted by atomic mass is 9.90. The van der Waals surface area contributed by atoms with Crippen LogP contribution in [0.1, 0.15) is 42.9 Å². The van der Waals surface area contributed by atoms with Crippen LogP contribution in [0.5, 0.6) is 0 Å². The Hall–Kier alpha value is -0.710. The van der Waals surface area contributed by atoms with Gasteiger partial charge in [0.05, 0.1) is 12.1 Å². The fourth-order valence-corrected chi connectivity index (χ4v) is 2.69. The minimum atomic E-state index is -0.931. The summed E-state index contributed by atoms with van der Waals surface area (Å²) >= 11 is 0. The molecule has 0 unspecified atom stereocenters. The summed E-state index contributed by atoms with van der Waals surface area (Å²) in [5.41, 5.74) is 6.20. The maximum atomic E-state index is 13.8. The molecule has 2 atom stereocenters. The van der Waals surface area contributed by atoms with E-state index >= 15 is 0 Å². The number of halogens is 3. The van der Waals surface area contributed by atoms with Crippen molar-refractivity contribution in [3.05, 3.63) is 34.9 Å². The van der Waals surface area contributed by atoms with E-state index in [0.717, 1.165) is 25.7 Å². The van der Waals surface area contributed by atoms with E-state index in [1.54, 1.807) is 0 Å². The summed E-state index contributed by atoms with van der Waals surface area (Å²) in [6, 6.07) is 2.11. The highest BCUT2D eigenvalue weighted by atomic mass is 35.5. The molecule has 0 radical (unpaired) electrons. The summed E-state index contributed by atoms with van der Waals surface area (Å²) < 4.78 is 27.3. The van der Waals surface area contributed by atoms with Gasteiger partial charge in [0.15, 0.2) is 11.6 Å². The first-order valence-electron chi connectivity index (χ1n) is 6.40. The van der Waals surface area contributed by atoms with Crippen LogP contribution in [0.3, 0.4) is 0 Å². The van der Waals surface area contributed by atoms with Crippen LogP contribution in [0.2, 0.25) is 0 Å². The second-order valence-electron chi connectivity index (χ2n) is 5.16. The van der Waals surface area contributed by atoms with Gasteiger partial charge < -0.3 is 10.8 Å². The van der Waals surface area contributed by atoms with Crippen LogP contribution in [-0.2, 0) is 0 Å². The molecule has 0 saturated heterocycles. The third-order valence-corrected chi connectivity index (χ3v) is 3.92. The molecule has 0 amide bonds. The standard InChI is InChI=1S/C14H19F2NO.ClH/c1-8-6-7-10(12(16)11(8)15)13(17)14(18)9-4-2-3-5-9;/h6-7,9,13-14,18H,2-5,17H2,1H3;1H/t13-,14+;/m0./s1. The second-order valence-corrected chi connectivity index (χ2v) is 5.16. The molecular weight excluding hydrogens is 272 g/mol. The number of nitrogens with two attached hydrogens (primary N) is 1. The third-order valence-electron chi connectivity index (χ3n) is 3.92. The molecule has 0 bridgehead atoms. The fraction of sp³-hybridized carbons (Fsp3) is 0.571. The zero-order chi connectivity index (χ0) is 13.3. The molecule has 108 valence electrons. The van der Waals surface area contributed by atoms with Crippen LogP contribution in [0, 0.1) is 24.5 Å². The van der Waals surface area contributed by atoms with Crippen molar-refractivity contribution >= 4 is 12.4 Å². The summed E-state index contributed by atoms with van der Waals surface area (Å²) in [4.78, 5) is 0. The summed E-state index contributed by atoms with van der Waals surface area (Å²) in [6.45, 7) is 1.50. The van der Waals surface area contributed by atoms with Crippen molar-refractivity contribution in [3.8, 4) is 0 Å². The molecule has 1 aromatic carbocycles. The number of aliphatic hydroxyl groups excluding tert-OH is 1. The molecule has 0 heterocycles. The highest BCUT2D eigenvalue weighted by Crippen LogP contribution is 2.33. The van der Waals surface area contributed by atoms with Gasteiger partial charge in [0.2, 0.25) is 0 Å². The second kappa shape index (κ2) is 6.64. The lowest BCUT2D eigenvalue weighted by Gasteiger charge is -2.25. The normalized spacial score (nSPS) is 19.0. The first kappa shape index (κ1) is 16.3. The Morgan fingerprint density at radius 3 is 2.37 bits per heavy atom. The van der Waals surface area contributed by atoms with Crippen LogP contribution >= 0.6 is 12.4 Å². The maximum Gasteiger partial charge on any atom is 0.163 e. The maximum absolute atomic E-state index is 13.8. The van der Waals surface area contributed by atoms with Gasteiger partial charge in [-0.3, -0.25) is 0 Å². The predicted octanol–water partition coefficient (Wildman–Crippen LogP) is 3.25. The molecule has 3 N–H and O–H groups in total. The number of hydrogen-bond acceptors (Lipinski definition) is 2. The summed E-state index contributed by atoms with van der Waals surface area (Å²) in [6.07, 6.45) is 3.15. The predicted molar refractivity (Wildman–Crippen MR) is 73.2 cm³/mol. The third kappa shape index (κ3) is 3.25. The van der Waals surface area contributed by atoms with Crippen LogP contribution in [0.25, 0.3) is 0 Å².